The highest BCUT2D eigenvalue weighted by Crippen LogP contribution is 2.27. The van der Waals surface area contributed by atoms with Gasteiger partial charge in [-0.15, -0.1) is 0 Å². The van der Waals surface area contributed by atoms with Gasteiger partial charge in [0.05, 0.1) is 0 Å². The molecule has 16 heavy (non-hydrogen) atoms. The molecule has 0 saturated heterocycles. The summed E-state index contributed by atoms with van der Waals surface area (Å²) < 4.78 is 5.39. The van der Waals surface area contributed by atoms with Crippen LogP contribution >= 0.6 is 11.6 Å². The average molecular weight is 235 g/mol. The predicted molar refractivity (Wildman–Crippen MR) is 63.8 cm³/mol. The first-order valence-corrected chi connectivity index (χ1v) is 5.33. The monoisotopic (exact) mass is 234 g/mol. The van der Waals surface area contributed by atoms with Crippen LogP contribution < -0.4 is 0 Å². The predicted octanol–water partition coefficient (Wildman–Crippen LogP) is 3.94. The molecule has 0 spiro atoms. The van der Waals surface area contributed by atoms with E-state index in [-0.39, 0.29) is 5.76 Å². The van der Waals surface area contributed by atoms with Crippen LogP contribution in [0.2, 0.25) is 0 Å². The van der Waals surface area contributed by atoms with Crippen LogP contribution in [0.4, 0.5) is 0 Å². The lowest BCUT2D eigenvalue weighted by Crippen LogP contribution is -1.85. The van der Waals surface area contributed by atoms with Crippen molar-refractivity contribution in [1.82, 2.24) is 0 Å². The molecule has 2 aromatic rings. The summed E-state index contributed by atoms with van der Waals surface area (Å²) in [6.45, 7) is 4.06. The quantitative estimate of drug-likeness (QED) is 0.737. The zero-order chi connectivity index (χ0) is 11.7. The summed E-state index contributed by atoms with van der Waals surface area (Å²) in [4.78, 5) is 10.9. The van der Waals surface area contributed by atoms with E-state index in [1.807, 2.05) is 32.0 Å². The highest BCUT2D eigenvalue weighted by Gasteiger charge is 2.11. The molecule has 1 aromatic heterocycles. The van der Waals surface area contributed by atoms with Crippen LogP contribution in [0.3, 0.4) is 0 Å². The minimum Gasteiger partial charge on any atom is -0.452 e. The fourth-order valence-corrected chi connectivity index (χ4v) is 1.71. The fraction of sp³-hybridized carbons (Fsp3) is 0.154. The third-order valence-electron chi connectivity index (χ3n) is 2.67. The fourth-order valence-electron chi connectivity index (χ4n) is 1.61. The Morgan fingerprint density at radius 1 is 1.19 bits per heavy atom. The van der Waals surface area contributed by atoms with Crippen LogP contribution in [0.5, 0.6) is 0 Å². The molecule has 0 saturated carbocycles. The SMILES string of the molecule is Cc1cccc(-c2ccc(C(=O)Cl)o2)c1C. The Labute approximate surface area is 98.8 Å². The molecule has 1 aromatic carbocycles. The number of carbonyl (C=O) groups is 1. The van der Waals surface area contributed by atoms with Crippen molar-refractivity contribution in [2.75, 3.05) is 0 Å². The van der Waals surface area contributed by atoms with Crippen molar-refractivity contribution in [3.63, 3.8) is 0 Å². The van der Waals surface area contributed by atoms with Gasteiger partial charge in [-0.05, 0) is 48.7 Å². The molecule has 0 atom stereocenters. The van der Waals surface area contributed by atoms with E-state index in [2.05, 4.69) is 0 Å². The molecule has 0 fully saturated rings. The Morgan fingerprint density at radius 3 is 2.56 bits per heavy atom. The summed E-state index contributed by atoms with van der Waals surface area (Å²) in [6.07, 6.45) is 0. The summed E-state index contributed by atoms with van der Waals surface area (Å²) >= 11 is 5.34. The molecule has 0 N–H and O–H groups in total. The third kappa shape index (κ3) is 1.89. The molecular weight excluding hydrogens is 224 g/mol. The van der Waals surface area contributed by atoms with Gasteiger partial charge in [-0.1, -0.05) is 18.2 Å². The number of rotatable bonds is 2. The first kappa shape index (κ1) is 11.0. The van der Waals surface area contributed by atoms with E-state index in [9.17, 15) is 4.79 Å². The topological polar surface area (TPSA) is 30.2 Å². The molecule has 3 heteroatoms. The minimum atomic E-state index is -0.573. The van der Waals surface area contributed by atoms with E-state index in [0.29, 0.717) is 5.76 Å². The largest absolute Gasteiger partial charge is 0.452 e. The van der Waals surface area contributed by atoms with E-state index >= 15 is 0 Å². The maximum atomic E-state index is 10.9. The van der Waals surface area contributed by atoms with Crippen LogP contribution in [-0.4, -0.2) is 5.24 Å². The molecule has 0 unspecified atom stereocenters. The Morgan fingerprint density at radius 2 is 1.94 bits per heavy atom. The van der Waals surface area contributed by atoms with Crippen LogP contribution in [0.1, 0.15) is 21.7 Å². The van der Waals surface area contributed by atoms with E-state index in [1.165, 1.54) is 5.56 Å². The minimum absolute atomic E-state index is 0.178. The molecule has 0 amide bonds. The average Bonchev–Trinajstić information content (AvgIpc) is 2.71. The molecule has 0 aliphatic rings. The molecule has 0 aliphatic heterocycles. The molecule has 1 heterocycles. The Bertz CT molecular complexity index is 541. The van der Waals surface area contributed by atoms with Gasteiger partial charge in [0.1, 0.15) is 5.76 Å². The van der Waals surface area contributed by atoms with Gasteiger partial charge in [-0.25, -0.2) is 0 Å². The van der Waals surface area contributed by atoms with E-state index in [4.69, 9.17) is 16.0 Å². The van der Waals surface area contributed by atoms with Gasteiger partial charge in [0.15, 0.2) is 5.76 Å². The number of furan rings is 1. The van der Waals surface area contributed by atoms with Gasteiger partial charge in [0.25, 0.3) is 5.24 Å². The van der Waals surface area contributed by atoms with Crippen LogP contribution in [0.25, 0.3) is 11.3 Å². The molecular formula is C13H11ClO2. The number of halogens is 1. The van der Waals surface area contributed by atoms with E-state index < -0.39 is 5.24 Å². The second-order valence-electron chi connectivity index (χ2n) is 3.69. The van der Waals surface area contributed by atoms with Crippen molar-refractivity contribution in [3.8, 4) is 11.3 Å². The summed E-state index contributed by atoms with van der Waals surface area (Å²) in [5.41, 5.74) is 3.32. The molecule has 0 aliphatic carbocycles. The maximum absolute atomic E-state index is 10.9. The van der Waals surface area contributed by atoms with Gasteiger partial charge in [0.2, 0.25) is 0 Å². The van der Waals surface area contributed by atoms with Gasteiger partial charge >= 0.3 is 0 Å². The van der Waals surface area contributed by atoms with E-state index in [1.54, 1.807) is 12.1 Å². The van der Waals surface area contributed by atoms with Crippen LogP contribution in [0.15, 0.2) is 34.7 Å². The van der Waals surface area contributed by atoms with Gasteiger partial charge in [-0.2, -0.15) is 0 Å². The Hall–Kier alpha value is -1.54. The lowest BCUT2D eigenvalue weighted by molar-refractivity contribution is 0.105. The molecule has 2 rings (SSSR count). The van der Waals surface area contributed by atoms with Crippen molar-refractivity contribution in [2.24, 2.45) is 0 Å². The number of benzene rings is 1. The number of hydrogen-bond acceptors (Lipinski definition) is 2. The molecule has 0 radical (unpaired) electrons. The van der Waals surface area contributed by atoms with Gasteiger partial charge < -0.3 is 4.42 Å². The zero-order valence-corrected chi connectivity index (χ0v) is 9.84. The summed E-state index contributed by atoms with van der Waals surface area (Å²) in [5, 5.41) is -0.573. The molecule has 82 valence electrons. The van der Waals surface area contributed by atoms with Crippen LogP contribution in [0, 0.1) is 13.8 Å². The van der Waals surface area contributed by atoms with Crippen LogP contribution in [-0.2, 0) is 0 Å². The normalized spacial score (nSPS) is 10.4. The van der Waals surface area contributed by atoms with Crippen molar-refractivity contribution in [2.45, 2.75) is 13.8 Å². The second kappa shape index (κ2) is 4.14. The smallest absolute Gasteiger partial charge is 0.287 e. The first-order valence-electron chi connectivity index (χ1n) is 4.96. The van der Waals surface area contributed by atoms with Crippen molar-refractivity contribution < 1.29 is 9.21 Å². The zero-order valence-electron chi connectivity index (χ0n) is 9.08. The highest BCUT2D eigenvalue weighted by atomic mass is 35.5. The number of aryl methyl sites for hydroxylation is 1. The number of carbonyl (C=O) groups excluding carboxylic acids is 1. The first-order chi connectivity index (χ1) is 7.59. The Balaban J connectivity index is 2.50. The lowest BCUT2D eigenvalue weighted by atomic mass is 10.0. The summed E-state index contributed by atoms with van der Waals surface area (Å²) in [5.74, 6) is 0.850. The lowest BCUT2D eigenvalue weighted by Gasteiger charge is -2.05. The second-order valence-corrected chi connectivity index (χ2v) is 4.03. The maximum Gasteiger partial charge on any atom is 0.287 e. The highest BCUT2D eigenvalue weighted by molar-refractivity contribution is 6.67. The number of hydrogen-bond donors (Lipinski definition) is 0. The van der Waals surface area contributed by atoms with Gasteiger partial charge in [-0.3, -0.25) is 4.79 Å². The van der Waals surface area contributed by atoms with Gasteiger partial charge in [0, 0.05) is 5.56 Å². The summed E-state index contributed by atoms with van der Waals surface area (Å²) in [7, 11) is 0. The molecule has 2 nitrogen and oxygen atoms in total. The van der Waals surface area contributed by atoms with Crippen molar-refractivity contribution >= 4 is 16.8 Å². The third-order valence-corrected chi connectivity index (χ3v) is 2.86. The van der Waals surface area contributed by atoms with E-state index in [0.717, 1.165) is 11.1 Å². The molecule has 0 bridgehead atoms. The Kier molecular flexibility index (Phi) is 2.84. The van der Waals surface area contributed by atoms with Crippen molar-refractivity contribution in [3.05, 3.63) is 47.2 Å². The summed E-state index contributed by atoms with van der Waals surface area (Å²) in [6, 6.07) is 9.31. The standard InChI is InChI=1S/C13H11ClO2/c1-8-4-3-5-10(9(8)2)11-6-7-12(16-11)13(14)15/h3-7H,1-2H3. The van der Waals surface area contributed by atoms with Crippen molar-refractivity contribution in [1.29, 1.82) is 0 Å².